The van der Waals surface area contributed by atoms with Gasteiger partial charge >= 0.3 is 0 Å². The lowest BCUT2D eigenvalue weighted by atomic mass is 9.96. The first-order valence-electron chi connectivity index (χ1n) is 4.66. The van der Waals surface area contributed by atoms with Crippen molar-refractivity contribution < 1.29 is 14.2 Å². The van der Waals surface area contributed by atoms with Crippen LogP contribution in [0.3, 0.4) is 0 Å². The van der Waals surface area contributed by atoms with E-state index in [-0.39, 0.29) is 11.2 Å². The summed E-state index contributed by atoms with van der Waals surface area (Å²) in [6.45, 7) is 0.456. The minimum Gasteiger partial charge on any atom is -0.497 e. The molecule has 2 N–H and O–H groups in total. The molecule has 0 bridgehead atoms. The predicted molar refractivity (Wildman–Crippen MR) is 61.5 cm³/mol. The molecule has 0 saturated carbocycles. The van der Waals surface area contributed by atoms with Crippen LogP contribution in [0.15, 0.2) is 23.4 Å². The summed E-state index contributed by atoms with van der Waals surface area (Å²) < 4.78 is 15.8. The zero-order valence-corrected chi connectivity index (χ0v) is 10.1. The van der Waals surface area contributed by atoms with Crippen LogP contribution in [-0.4, -0.2) is 33.1 Å². The second-order valence-electron chi connectivity index (χ2n) is 3.17. The average molecular weight is 231 g/mol. The Morgan fingerprint density at radius 2 is 1.93 bits per heavy atom. The third-order valence-corrected chi connectivity index (χ3v) is 2.93. The van der Waals surface area contributed by atoms with Crippen molar-refractivity contribution in [1.82, 2.24) is 0 Å². The molecule has 0 aliphatic heterocycles. The molecule has 0 aromatic rings. The highest BCUT2D eigenvalue weighted by Crippen LogP contribution is 2.33. The van der Waals surface area contributed by atoms with Crippen LogP contribution < -0.4 is 5.73 Å². The lowest BCUT2D eigenvalue weighted by Crippen LogP contribution is -2.30. The SMILES string of the molecule is COC1=CC(S)C(CN)C(OC)=C1OC. The van der Waals surface area contributed by atoms with Crippen molar-refractivity contribution in [3.05, 3.63) is 23.4 Å². The van der Waals surface area contributed by atoms with E-state index in [2.05, 4.69) is 12.6 Å². The van der Waals surface area contributed by atoms with Crippen LogP contribution in [0.5, 0.6) is 0 Å². The Morgan fingerprint density at radius 1 is 1.27 bits per heavy atom. The topological polar surface area (TPSA) is 53.7 Å². The summed E-state index contributed by atoms with van der Waals surface area (Å²) in [7, 11) is 4.76. The molecule has 15 heavy (non-hydrogen) atoms. The van der Waals surface area contributed by atoms with E-state index in [1.165, 1.54) is 0 Å². The van der Waals surface area contributed by atoms with Crippen molar-refractivity contribution >= 4 is 12.6 Å². The number of rotatable bonds is 4. The van der Waals surface area contributed by atoms with Gasteiger partial charge in [0.05, 0.1) is 21.3 Å². The molecule has 2 unspecified atom stereocenters. The number of nitrogens with two attached hydrogens (primary N) is 1. The van der Waals surface area contributed by atoms with Gasteiger partial charge in [0.15, 0.2) is 11.5 Å². The lowest BCUT2D eigenvalue weighted by molar-refractivity contribution is 0.158. The Kier molecular flexibility index (Phi) is 4.35. The van der Waals surface area contributed by atoms with Gasteiger partial charge in [0.2, 0.25) is 0 Å². The molecule has 0 fully saturated rings. The summed E-state index contributed by atoms with van der Waals surface area (Å²) in [5.74, 6) is 1.95. The quantitative estimate of drug-likeness (QED) is 0.706. The standard InChI is InChI=1S/C10H17NO3S/c1-12-7-4-8(15)6(5-11)9(13-2)10(7)14-3/h4,6,8,15H,5,11H2,1-3H3. The molecule has 5 heteroatoms. The van der Waals surface area contributed by atoms with Crippen LogP contribution in [0.1, 0.15) is 0 Å². The summed E-state index contributed by atoms with van der Waals surface area (Å²) in [5.41, 5.74) is 5.67. The Hall–Kier alpha value is -0.810. The van der Waals surface area contributed by atoms with E-state index < -0.39 is 0 Å². The maximum absolute atomic E-state index is 5.67. The van der Waals surface area contributed by atoms with Crippen molar-refractivity contribution in [3.63, 3.8) is 0 Å². The van der Waals surface area contributed by atoms with E-state index in [1.54, 1.807) is 21.3 Å². The third-order valence-electron chi connectivity index (χ3n) is 2.42. The highest BCUT2D eigenvalue weighted by molar-refractivity contribution is 7.81. The molecule has 4 nitrogen and oxygen atoms in total. The molecule has 0 aromatic heterocycles. The normalized spacial score (nSPS) is 26.1. The maximum Gasteiger partial charge on any atom is 0.198 e. The molecule has 0 heterocycles. The molecule has 0 amide bonds. The van der Waals surface area contributed by atoms with Crippen LogP contribution in [0, 0.1) is 5.92 Å². The number of methoxy groups -OCH3 is 3. The Labute approximate surface area is 95.5 Å². The van der Waals surface area contributed by atoms with Gasteiger partial charge in [-0.3, -0.25) is 0 Å². The average Bonchev–Trinajstić information content (AvgIpc) is 2.27. The smallest absolute Gasteiger partial charge is 0.198 e. The molecule has 0 aromatic carbocycles. The first-order valence-corrected chi connectivity index (χ1v) is 5.17. The predicted octanol–water partition coefficient (Wildman–Crippen LogP) is 0.908. The summed E-state index contributed by atoms with van der Waals surface area (Å²) in [4.78, 5) is 0. The van der Waals surface area contributed by atoms with Crippen LogP contribution in [0.4, 0.5) is 0 Å². The molecule has 1 aliphatic rings. The van der Waals surface area contributed by atoms with Gasteiger partial charge in [-0.1, -0.05) is 0 Å². The first-order chi connectivity index (χ1) is 7.19. The van der Waals surface area contributed by atoms with Gasteiger partial charge in [-0.25, -0.2) is 0 Å². The van der Waals surface area contributed by atoms with E-state index in [9.17, 15) is 0 Å². The summed E-state index contributed by atoms with van der Waals surface area (Å²) >= 11 is 4.44. The van der Waals surface area contributed by atoms with E-state index in [0.29, 0.717) is 23.8 Å². The fourth-order valence-electron chi connectivity index (χ4n) is 1.64. The van der Waals surface area contributed by atoms with Crippen molar-refractivity contribution in [2.45, 2.75) is 5.25 Å². The molecule has 0 saturated heterocycles. The zero-order valence-electron chi connectivity index (χ0n) is 9.19. The van der Waals surface area contributed by atoms with Gasteiger partial charge in [-0.2, -0.15) is 12.6 Å². The Morgan fingerprint density at radius 3 is 2.33 bits per heavy atom. The van der Waals surface area contributed by atoms with Gasteiger partial charge < -0.3 is 19.9 Å². The first kappa shape index (κ1) is 12.3. The largest absolute Gasteiger partial charge is 0.497 e. The minimum absolute atomic E-state index is 0.0150. The molecule has 1 aliphatic carbocycles. The van der Waals surface area contributed by atoms with Gasteiger partial charge in [-0.15, -0.1) is 0 Å². The van der Waals surface area contributed by atoms with Crippen molar-refractivity contribution in [2.24, 2.45) is 11.7 Å². The molecule has 86 valence electrons. The van der Waals surface area contributed by atoms with Crippen molar-refractivity contribution in [2.75, 3.05) is 27.9 Å². The maximum atomic E-state index is 5.67. The monoisotopic (exact) mass is 231 g/mol. The van der Waals surface area contributed by atoms with Crippen molar-refractivity contribution in [1.29, 1.82) is 0 Å². The van der Waals surface area contributed by atoms with Gasteiger partial charge in [0.25, 0.3) is 0 Å². The van der Waals surface area contributed by atoms with Gasteiger partial charge in [0, 0.05) is 17.7 Å². The Bertz CT molecular complexity index is 288. The highest BCUT2D eigenvalue weighted by Gasteiger charge is 2.31. The third kappa shape index (κ3) is 2.23. The van der Waals surface area contributed by atoms with Crippen LogP contribution in [0.2, 0.25) is 0 Å². The van der Waals surface area contributed by atoms with Crippen molar-refractivity contribution in [3.8, 4) is 0 Å². The van der Waals surface area contributed by atoms with Crippen LogP contribution in [-0.2, 0) is 14.2 Å². The molecule has 0 spiro atoms. The fraction of sp³-hybridized carbons (Fsp3) is 0.600. The summed E-state index contributed by atoms with van der Waals surface area (Å²) in [6.07, 6.45) is 1.88. The molecule has 2 atom stereocenters. The molecule has 0 radical (unpaired) electrons. The summed E-state index contributed by atoms with van der Waals surface area (Å²) in [5, 5.41) is -0.0150. The zero-order chi connectivity index (χ0) is 11.4. The van der Waals surface area contributed by atoms with E-state index in [1.807, 2.05) is 6.08 Å². The minimum atomic E-state index is -0.0150. The number of ether oxygens (including phenoxy) is 3. The number of hydrogen-bond acceptors (Lipinski definition) is 5. The number of thiol groups is 1. The Balaban J connectivity index is 3.12. The van der Waals surface area contributed by atoms with Crippen LogP contribution in [0.25, 0.3) is 0 Å². The van der Waals surface area contributed by atoms with E-state index >= 15 is 0 Å². The summed E-state index contributed by atoms with van der Waals surface area (Å²) in [6, 6.07) is 0. The van der Waals surface area contributed by atoms with E-state index in [4.69, 9.17) is 19.9 Å². The number of hydrogen-bond donors (Lipinski definition) is 2. The van der Waals surface area contributed by atoms with Gasteiger partial charge in [0.1, 0.15) is 5.76 Å². The second-order valence-corrected chi connectivity index (χ2v) is 3.77. The van der Waals surface area contributed by atoms with E-state index in [0.717, 1.165) is 0 Å². The highest BCUT2D eigenvalue weighted by atomic mass is 32.1. The second kappa shape index (κ2) is 5.32. The lowest BCUT2D eigenvalue weighted by Gasteiger charge is -2.28. The fourth-order valence-corrected chi connectivity index (χ4v) is 2.04. The molecule has 1 rings (SSSR count). The van der Waals surface area contributed by atoms with Crippen LogP contribution >= 0.6 is 12.6 Å². The molecular formula is C10H17NO3S. The molecular weight excluding hydrogens is 214 g/mol. The van der Waals surface area contributed by atoms with Gasteiger partial charge in [-0.05, 0) is 6.08 Å².